The van der Waals surface area contributed by atoms with Gasteiger partial charge in [0.15, 0.2) is 5.01 Å². The van der Waals surface area contributed by atoms with Crippen molar-refractivity contribution in [1.29, 1.82) is 0 Å². The molecular formula is C9H7ClN2O2S. The third-order valence-electron chi connectivity index (χ3n) is 1.83. The Balaban J connectivity index is 2.51. The van der Waals surface area contributed by atoms with Gasteiger partial charge in [-0.15, -0.1) is 10.2 Å². The number of phenols is 1. The van der Waals surface area contributed by atoms with Gasteiger partial charge in [0.1, 0.15) is 11.5 Å². The van der Waals surface area contributed by atoms with Crippen LogP contribution in [0.1, 0.15) is 0 Å². The molecule has 0 bridgehead atoms. The molecule has 2 rings (SSSR count). The molecule has 4 nitrogen and oxygen atoms in total. The molecule has 78 valence electrons. The normalized spacial score (nSPS) is 10.3. The number of aromatic nitrogens is 2. The Labute approximate surface area is 95.1 Å². The Hall–Kier alpha value is -1.33. The van der Waals surface area contributed by atoms with Gasteiger partial charge in [0.25, 0.3) is 0 Å². The number of halogens is 1. The number of hydrogen-bond acceptors (Lipinski definition) is 5. The van der Waals surface area contributed by atoms with Crippen LogP contribution in [0.15, 0.2) is 18.2 Å². The fraction of sp³-hybridized carbons (Fsp3) is 0.111. The number of nitrogens with zero attached hydrogens (tertiary/aromatic N) is 2. The van der Waals surface area contributed by atoms with Crippen molar-refractivity contribution in [2.45, 2.75) is 0 Å². The molecule has 1 aromatic heterocycles. The summed E-state index contributed by atoms with van der Waals surface area (Å²) < 4.78 is 5.39. The Morgan fingerprint density at radius 2 is 2.20 bits per heavy atom. The highest BCUT2D eigenvalue weighted by molar-refractivity contribution is 7.18. The van der Waals surface area contributed by atoms with E-state index in [1.165, 1.54) is 11.3 Å². The summed E-state index contributed by atoms with van der Waals surface area (Å²) in [5, 5.41) is 17.7. The first-order chi connectivity index (χ1) is 7.20. The van der Waals surface area contributed by atoms with E-state index >= 15 is 0 Å². The van der Waals surface area contributed by atoms with Crippen LogP contribution >= 0.6 is 22.9 Å². The molecule has 0 saturated carbocycles. The summed E-state index contributed by atoms with van der Waals surface area (Å²) in [5.74, 6) is 0.776. The van der Waals surface area contributed by atoms with E-state index in [1.54, 1.807) is 25.3 Å². The Bertz CT molecular complexity index is 487. The van der Waals surface area contributed by atoms with Gasteiger partial charge in [-0.05, 0) is 29.8 Å². The molecule has 2 aromatic rings. The minimum absolute atomic E-state index is 0.128. The van der Waals surface area contributed by atoms with E-state index in [4.69, 9.17) is 16.3 Å². The van der Waals surface area contributed by atoms with Crippen LogP contribution in [0.4, 0.5) is 0 Å². The van der Waals surface area contributed by atoms with Crippen LogP contribution in [-0.2, 0) is 0 Å². The predicted octanol–water partition coefficient (Wildman–Crippen LogP) is 2.57. The molecule has 0 aliphatic carbocycles. The number of methoxy groups -OCH3 is 1. The Kier molecular flexibility index (Phi) is 2.75. The number of ether oxygens (including phenoxy) is 1. The van der Waals surface area contributed by atoms with E-state index in [-0.39, 0.29) is 5.75 Å². The highest BCUT2D eigenvalue weighted by atomic mass is 35.5. The first-order valence-corrected chi connectivity index (χ1v) is 5.26. The lowest BCUT2D eigenvalue weighted by atomic mass is 10.2. The summed E-state index contributed by atoms with van der Waals surface area (Å²) in [4.78, 5) is 0. The van der Waals surface area contributed by atoms with Crippen molar-refractivity contribution >= 4 is 22.9 Å². The number of aromatic hydroxyl groups is 1. The lowest BCUT2D eigenvalue weighted by Crippen LogP contribution is -1.84. The fourth-order valence-corrected chi connectivity index (χ4v) is 1.98. The molecule has 0 atom stereocenters. The first kappa shape index (κ1) is 10.2. The molecule has 1 N–H and O–H groups in total. The second-order valence-corrected chi connectivity index (χ2v) is 4.30. The van der Waals surface area contributed by atoms with Crippen LogP contribution in [0, 0.1) is 0 Å². The van der Waals surface area contributed by atoms with Crippen molar-refractivity contribution in [1.82, 2.24) is 10.2 Å². The molecule has 0 unspecified atom stereocenters. The minimum atomic E-state index is 0.128. The molecule has 0 radical (unpaired) electrons. The molecule has 0 saturated heterocycles. The number of hydrogen-bond donors (Lipinski definition) is 1. The fourth-order valence-electron chi connectivity index (χ4n) is 1.13. The SMILES string of the molecule is COc1ccc(O)c(-c2nnc(Cl)s2)c1. The quantitative estimate of drug-likeness (QED) is 0.880. The van der Waals surface area contributed by atoms with Gasteiger partial charge in [-0.2, -0.15) is 0 Å². The molecule has 0 amide bonds. The van der Waals surface area contributed by atoms with Crippen LogP contribution in [0.25, 0.3) is 10.6 Å². The van der Waals surface area contributed by atoms with Crippen molar-refractivity contribution in [3.8, 4) is 22.1 Å². The van der Waals surface area contributed by atoms with Crippen molar-refractivity contribution in [3.05, 3.63) is 22.7 Å². The van der Waals surface area contributed by atoms with Gasteiger partial charge in [0.2, 0.25) is 4.47 Å². The van der Waals surface area contributed by atoms with Crippen molar-refractivity contribution in [3.63, 3.8) is 0 Å². The van der Waals surface area contributed by atoms with Gasteiger partial charge in [-0.3, -0.25) is 0 Å². The van der Waals surface area contributed by atoms with E-state index in [0.29, 0.717) is 20.8 Å². The second kappa shape index (κ2) is 4.04. The van der Waals surface area contributed by atoms with E-state index < -0.39 is 0 Å². The van der Waals surface area contributed by atoms with Gasteiger partial charge >= 0.3 is 0 Å². The largest absolute Gasteiger partial charge is 0.507 e. The van der Waals surface area contributed by atoms with Crippen LogP contribution in [0.2, 0.25) is 4.47 Å². The van der Waals surface area contributed by atoms with E-state index in [1.807, 2.05) is 0 Å². The van der Waals surface area contributed by atoms with Crippen molar-refractivity contribution in [2.24, 2.45) is 0 Å². The van der Waals surface area contributed by atoms with Crippen LogP contribution in [0.3, 0.4) is 0 Å². The maximum atomic E-state index is 9.63. The smallest absolute Gasteiger partial charge is 0.207 e. The zero-order valence-corrected chi connectivity index (χ0v) is 9.34. The molecule has 0 aliphatic rings. The van der Waals surface area contributed by atoms with Crippen LogP contribution < -0.4 is 4.74 Å². The monoisotopic (exact) mass is 242 g/mol. The zero-order valence-electron chi connectivity index (χ0n) is 7.77. The third kappa shape index (κ3) is 2.03. The highest BCUT2D eigenvalue weighted by Crippen LogP contribution is 2.35. The summed E-state index contributed by atoms with van der Waals surface area (Å²) in [6.45, 7) is 0. The second-order valence-electron chi connectivity index (χ2n) is 2.74. The maximum absolute atomic E-state index is 9.63. The lowest BCUT2D eigenvalue weighted by Gasteiger charge is -2.03. The van der Waals surface area contributed by atoms with Gasteiger partial charge < -0.3 is 9.84 Å². The van der Waals surface area contributed by atoms with E-state index in [2.05, 4.69) is 10.2 Å². The molecule has 6 heteroatoms. The maximum Gasteiger partial charge on any atom is 0.207 e. The lowest BCUT2D eigenvalue weighted by molar-refractivity contribution is 0.412. The summed E-state index contributed by atoms with van der Waals surface area (Å²) in [6, 6.07) is 4.90. The summed E-state index contributed by atoms with van der Waals surface area (Å²) in [6.07, 6.45) is 0. The Morgan fingerprint density at radius 3 is 2.80 bits per heavy atom. The van der Waals surface area contributed by atoms with Crippen LogP contribution in [-0.4, -0.2) is 22.4 Å². The zero-order chi connectivity index (χ0) is 10.8. The molecule has 1 heterocycles. The molecule has 15 heavy (non-hydrogen) atoms. The van der Waals surface area contributed by atoms with Gasteiger partial charge in [-0.25, -0.2) is 0 Å². The number of benzene rings is 1. The van der Waals surface area contributed by atoms with E-state index in [9.17, 15) is 5.11 Å². The molecule has 0 fully saturated rings. The molecule has 0 spiro atoms. The van der Waals surface area contributed by atoms with Crippen molar-refractivity contribution < 1.29 is 9.84 Å². The van der Waals surface area contributed by atoms with Crippen molar-refractivity contribution in [2.75, 3.05) is 7.11 Å². The molecule has 1 aromatic carbocycles. The summed E-state index contributed by atoms with van der Waals surface area (Å²) >= 11 is 6.87. The van der Waals surface area contributed by atoms with Gasteiger partial charge in [0, 0.05) is 0 Å². The standard InChI is InChI=1S/C9H7ClN2O2S/c1-14-5-2-3-7(13)6(4-5)8-11-12-9(10)15-8/h2-4,13H,1H3. The van der Waals surface area contributed by atoms with Gasteiger partial charge in [-0.1, -0.05) is 11.3 Å². The van der Waals surface area contributed by atoms with E-state index in [0.717, 1.165) is 0 Å². The third-order valence-corrected chi connectivity index (χ3v) is 2.89. The highest BCUT2D eigenvalue weighted by Gasteiger charge is 2.10. The molecule has 0 aliphatic heterocycles. The average Bonchev–Trinajstić information content (AvgIpc) is 2.65. The molecular weight excluding hydrogens is 236 g/mol. The predicted molar refractivity (Wildman–Crippen MR) is 58.6 cm³/mol. The Morgan fingerprint density at radius 1 is 1.40 bits per heavy atom. The number of phenolic OH excluding ortho intramolecular Hbond substituents is 1. The minimum Gasteiger partial charge on any atom is -0.507 e. The summed E-state index contributed by atoms with van der Waals surface area (Å²) in [7, 11) is 1.56. The summed E-state index contributed by atoms with van der Waals surface area (Å²) in [5.41, 5.74) is 0.568. The van der Waals surface area contributed by atoms with Gasteiger partial charge in [0.05, 0.1) is 12.7 Å². The average molecular weight is 243 g/mol. The first-order valence-electron chi connectivity index (χ1n) is 4.07. The van der Waals surface area contributed by atoms with Crippen LogP contribution in [0.5, 0.6) is 11.5 Å². The topological polar surface area (TPSA) is 55.2 Å². The number of rotatable bonds is 2.